The minimum Gasteiger partial charge on any atom is -0.464 e. The molecule has 0 aromatic rings. The monoisotopic (exact) mass is 225 g/mol. The van der Waals surface area contributed by atoms with Crippen LogP contribution >= 0.6 is 0 Å². The van der Waals surface area contributed by atoms with E-state index in [-0.39, 0.29) is 17.9 Å². The van der Waals surface area contributed by atoms with Gasteiger partial charge in [0.05, 0.1) is 5.92 Å². The zero-order valence-electron chi connectivity index (χ0n) is 9.72. The minimum absolute atomic E-state index is 0.0721. The highest BCUT2D eigenvalue weighted by Crippen LogP contribution is 2.36. The molecule has 0 spiro atoms. The number of carbonyl (C=O) groups is 2. The number of carbonyl (C=O) groups excluding carboxylic acids is 2. The summed E-state index contributed by atoms with van der Waals surface area (Å²) in [6, 6.07) is 0.402. The fourth-order valence-electron chi connectivity index (χ4n) is 2.56. The molecule has 2 fully saturated rings. The predicted molar refractivity (Wildman–Crippen MR) is 58.7 cm³/mol. The quantitative estimate of drug-likeness (QED) is 0.678. The van der Waals surface area contributed by atoms with Gasteiger partial charge in [0.25, 0.3) is 6.47 Å². The second kappa shape index (κ2) is 4.85. The lowest BCUT2D eigenvalue weighted by Crippen LogP contribution is -2.39. The molecule has 0 saturated heterocycles. The van der Waals surface area contributed by atoms with Gasteiger partial charge < -0.3 is 9.64 Å². The molecule has 2 rings (SSSR count). The van der Waals surface area contributed by atoms with Crippen LogP contribution in [0.3, 0.4) is 0 Å². The first-order chi connectivity index (χ1) is 7.74. The summed E-state index contributed by atoms with van der Waals surface area (Å²) < 4.78 is 4.80. The molecule has 2 unspecified atom stereocenters. The van der Waals surface area contributed by atoms with Crippen LogP contribution in [0.2, 0.25) is 0 Å². The van der Waals surface area contributed by atoms with Crippen molar-refractivity contribution in [1.29, 1.82) is 0 Å². The van der Waals surface area contributed by atoms with E-state index in [1.165, 1.54) is 19.3 Å². The van der Waals surface area contributed by atoms with Crippen LogP contribution in [-0.4, -0.2) is 36.5 Å². The van der Waals surface area contributed by atoms with Gasteiger partial charge in [-0.05, 0) is 12.8 Å². The van der Waals surface area contributed by atoms with Gasteiger partial charge in [0.1, 0.15) is 6.10 Å². The molecular formula is C12H19NO3. The Labute approximate surface area is 95.9 Å². The molecular weight excluding hydrogens is 206 g/mol. The fourth-order valence-corrected chi connectivity index (χ4v) is 2.56. The van der Waals surface area contributed by atoms with E-state index in [1.807, 2.05) is 11.9 Å². The Morgan fingerprint density at radius 1 is 1.31 bits per heavy atom. The van der Waals surface area contributed by atoms with Crippen LogP contribution < -0.4 is 0 Å². The van der Waals surface area contributed by atoms with E-state index in [4.69, 9.17) is 4.74 Å². The molecule has 0 radical (unpaired) electrons. The van der Waals surface area contributed by atoms with Crippen molar-refractivity contribution in [3.8, 4) is 0 Å². The Morgan fingerprint density at radius 3 is 2.62 bits per heavy atom. The van der Waals surface area contributed by atoms with E-state index in [9.17, 15) is 9.59 Å². The van der Waals surface area contributed by atoms with Crippen LogP contribution in [0, 0.1) is 5.92 Å². The van der Waals surface area contributed by atoms with Crippen molar-refractivity contribution < 1.29 is 14.3 Å². The molecule has 2 aliphatic rings. The second-order valence-corrected chi connectivity index (χ2v) is 4.85. The molecule has 4 nitrogen and oxygen atoms in total. The summed E-state index contributed by atoms with van der Waals surface area (Å²) in [6.07, 6.45) is 6.52. The predicted octanol–water partition coefficient (Wildman–Crippen LogP) is 1.34. The number of amides is 1. The molecule has 2 saturated carbocycles. The summed E-state index contributed by atoms with van der Waals surface area (Å²) in [4.78, 5) is 24.0. The first-order valence-electron chi connectivity index (χ1n) is 6.10. The van der Waals surface area contributed by atoms with Crippen LogP contribution in [0.4, 0.5) is 0 Å². The van der Waals surface area contributed by atoms with Gasteiger partial charge in [-0.25, -0.2) is 0 Å². The van der Waals surface area contributed by atoms with Gasteiger partial charge in [0.15, 0.2) is 0 Å². The van der Waals surface area contributed by atoms with Crippen molar-refractivity contribution in [3.63, 3.8) is 0 Å². The standard InChI is InChI=1S/C12H19NO3/c1-13(9-5-3-2-4-6-9)12(15)10-7-11(10)16-8-14/h8-11H,2-7H2,1H3. The molecule has 4 heteroatoms. The van der Waals surface area contributed by atoms with Crippen LogP contribution in [0.1, 0.15) is 38.5 Å². The summed E-state index contributed by atoms with van der Waals surface area (Å²) >= 11 is 0. The maximum absolute atomic E-state index is 12.0. The molecule has 0 N–H and O–H groups in total. The molecule has 16 heavy (non-hydrogen) atoms. The minimum atomic E-state index is -0.156. The normalized spacial score (nSPS) is 29.6. The topological polar surface area (TPSA) is 46.6 Å². The largest absolute Gasteiger partial charge is 0.464 e. The zero-order chi connectivity index (χ0) is 11.5. The number of rotatable bonds is 4. The smallest absolute Gasteiger partial charge is 0.293 e. The summed E-state index contributed by atoms with van der Waals surface area (Å²) in [5.74, 6) is 0.0795. The Bertz CT molecular complexity index is 273. The lowest BCUT2D eigenvalue weighted by Gasteiger charge is -2.31. The van der Waals surface area contributed by atoms with Gasteiger partial charge in [0, 0.05) is 19.5 Å². The maximum atomic E-state index is 12.0. The van der Waals surface area contributed by atoms with E-state index in [0.29, 0.717) is 18.9 Å². The first kappa shape index (κ1) is 11.4. The Kier molecular flexibility index (Phi) is 3.46. The van der Waals surface area contributed by atoms with Gasteiger partial charge in [-0.1, -0.05) is 19.3 Å². The number of hydrogen-bond donors (Lipinski definition) is 0. The van der Waals surface area contributed by atoms with E-state index < -0.39 is 0 Å². The molecule has 2 aliphatic carbocycles. The SMILES string of the molecule is CN(C(=O)C1CC1OC=O)C1CCCCC1. The van der Waals surface area contributed by atoms with E-state index >= 15 is 0 Å². The highest BCUT2D eigenvalue weighted by molar-refractivity contribution is 5.82. The van der Waals surface area contributed by atoms with E-state index in [1.54, 1.807) is 0 Å². The highest BCUT2D eigenvalue weighted by Gasteiger charge is 2.47. The van der Waals surface area contributed by atoms with Crippen LogP contribution in [0.15, 0.2) is 0 Å². The average Bonchev–Trinajstić information content (AvgIpc) is 3.08. The van der Waals surface area contributed by atoms with Crippen LogP contribution in [-0.2, 0) is 14.3 Å². The molecule has 0 bridgehead atoms. The number of ether oxygens (including phenoxy) is 1. The third-order valence-electron chi connectivity index (χ3n) is 3.75. The van der Waals surface area contributed by atoms with Gasteiger partial charge in [-0.3, -0.25) is 9.59 Å². The third-order valence-corrected chi connectivity index (χ3v) is 3.75. The maximum Gasteiger partial charge on any atom is 0.293 e. The van der Waals surface area contributed by atoms with Crippen molar-refractivity contribution in [3.05, 3.63) is 0 Å². The Morgan fingerprint density at radius 2 is 2.00 bits per heavy atom. The van der Waals surface area contributed by atoms with Gasteiger partial charge in [0.2, 0.25) is 5.91 Å². The van der Waals surface area contributed by atoms with Crippen molar-refractivity contribution in [1.82, 2.24) is 4.90 Å². The van der Waals surface area contributed by atoms with Crippen molar-refractivity contribution in [2.45, 2.75) is 50.7 Å². The number of nitrogens with zero attached hydrogens (tertiary/aromatic N) is 1. The third kappa shape index (κ3) is 2.36. The highest BCUT2D eigenvalue weighted by atomic mass is 16.5. The number of hydrogen-bond acceptors (Lipinski definition) is 3. The lowest BCUT2D eigenvalue weighted by atomic mass is 9.94. The van der Waals surface area contributed by atoms with Gasteiger partial charge in [-0.15, -0.1) is 0 Å². The molecule has 0 aromatic carbocycles. The average molecular weight is 225 g/mol. The van der Waals surface area contributed by atoms with Crippen LogP contribution in [0.25, 0.3) is 0 Å². The van der Waals surface area contributed by atoms with E-state index in [2.05, 4.69) is 0 Å². The van der Waals surface area contributed by atoms with Crippen LogP contribution in [0.5, 0.6) is 0 Å². The van der Waals surface area contributed by atoms with Crippen molar-refractivity contribution in [2.24, 2.45) is 5.92 Å². The molecule has 2 atom stereocenters. The summed E-state index contributed by atoms with van der Waals surface area (Å²) in [6.45, 7) is 0.443. The lowest BCUT2D eigenvalue weighted by molar-refractivity contribution is -0.136. The van der Waals surface area contributed by atoms with E-state index in [0.717, 1.165) is 12.8 Å². The summed E-state index contributed by atoms with van der Waals surface area (Å²) in [5, 5.41) is 0. The molecule has 90 valence electrons. The summed E-state index contributed by atoms with van der Waals surface area (Å²) in [5.41, 5.74) is 0. The van der Waals surface area contributed by atoms with Gasteiger partial charge >= 0.3 is 0 Å². The van der Waals surface area contributed by atoms with Crippen molar-refractivity contribution >= 4 is 12.4 Å². The summed E-state index contributed by atoms with van der Waals surface area (Å²) in [7, 11) is 1.88. The molecule has 0 aliphatic heterocycles. The first-order valence-corrected chi connectivity index (χ1v) is 6.10. The molecule has 0 aromatic heterocycles. The van der Waals surface area contributed by atoms with Gasteiger partial charge in [-0.2, -0.15) is 0 Å². The zero-order valence-corrected chi connectivity index (χ0v) is 9.72. The molecule has 0 heterocycles. The Hall–Kier alpha value is -1.06. The Balaban J connectivity index is 1.82. The van der Waals surface area contributed by atoms with Crippen molar-refractivity contribution in [2.75, 3.05) is 7.05 Å². The second-order valence-electron chi connectivity index (χ2n) is 4.85. The fraction of sp³-hybridized carbons (Fsp3) is 0.833. The molecule has 1 amide bonds.